The molecule has 1 fully saturated rings. The molecule has 0 aromatic heterocycles. The second-order valence-electron chi connectivity index (χ2n) is 6.77. The summed E-state index contributed by atoms with van der Waals surface area (Å²) in [4.78, 5) is 23.5. The zero-order valence-corrected chi connectivity index (χ0v) is 15.8. The van der Waals surface area contributed by atoms with Crippen LogP contribution in [-0.4, -0.2) is 37.1 Å². The number of nitrogens with zero attached hydrogens (tertiary/aromatic N) is 1. The number of carbonyl (C=O) groups is 1. The number of hydrogen-bond acceptors (Lipinski definition) is 6. The molecule has 148 valence electrons. The fourth-order valence-electron chi connectivity index (χ4n) is 3.14. The van der Waals surface area contributed by atoms with E-state index in [4.69, 9.17) is 9.47 Å². The predicted molar refractivity (Wildman–Crippen MR) is 104 cm³/mol. The maximum Gasteiger partial charge on any atom is 0.270 e. The van der Waals surface area contributed by atoms with Gasteiger partial charge in [-0.05, 0) is 55.8 Å². The van der Waals surface area contributed by atoms with Gasteiger partial charge < -0.3 is 20.1 Å². The number of hydrogen-bond donors (Lipinski definition) is 2. The minimum atomic E-state index is -0.527. The van der Waals surface area contributed by atoms with E-state index in [1.54, 1.807) is 31.4 Å². The van der Waals surface area contributed by atoms with Crippen molar-refractivity contribution in [2.75, 3.05) is 20.2 Å². The highest BCUT2D eigenvalue weighted by atomic mass is 16.6. The molecular formula is C20H23N3O5. The third-order valence-electron chi connectivity index (χ3n) is 4.81. The van der Waals surface area contributed by atoms with Crippen LogP contribution in [0.2, 0.25) is 0 Å². The number of nitro benzene ring substituents is 1. The lowest BCUT2D eigenvalue weighted by molar-refractivity contribution is -0.384. The van der Waals surface area contributed by atoms with E-state index in [-0.39, 0.29) is 34.9 Å². The Morgan fingerprint density at radius 1 is 1.21 bits per heavy atom. The SMILES string of the molecule is COc1ccc(Oc2ccc([N+](=O)[O-])cc2C(=O)NC2CCNCC2C)cc1. The van der Waals surface area contributed by atoms with Crippen molar-refractivity contribution in [1.29, 1.82) is 0 Å². The van der Waals surface area contributed by atoms with E-state index in [0.717, 1.165) is 19.5 Å². The lowest BCUT2D eigenvalue weighted by atomic mass is 9.95. The number of rotatable bonds is 6. The highest BCUT2D eigenvalue weighted by molar-refractivity contribution is 5.98. The van der Waals surface area contributed by atoms with Crippen LogP contribution in [0.3, 0.4) is 0 Å². The van der Waals surface area contributed by atoms with Crippen LogP contribution in [0.5, 0.6) is 17.2 Å². The summed E-state index contributed by atoms with van der Waals surface area (Å²) >= 11 is 0. The van der Waals surface area contributed by atoms with Gasteiger partial charge in [-0.1, -0.05) is 6.92 Å². The van der Waals surface area contributed by atoms with Crippen LogP contribution in [0.15, 0.2) is 42.5 Å². The number of ether oxygens (including phenoxy) is 2. The van der Waals surface area contributed by atoms with Gasteiger partial charge in [0.2, 0.25) is 0 Å². The average Bonchev–Trinajstić information content (AvgIpc) is 2.70. The van der Waals surface area contributed by atoms with E-state index in [0.29, 0.717) is 11.5 Å². The standard InChI is InChI=1S/C20H23N3O5/c1-13-12-21-10-9-18(13)22-20(24)17-11-14(23(25)26)3-8-19(17)28-16-6-4-15(27-2)5-7-16/h3-8,11,13,18,21H,9-10,12H2,1-2H3,(H,22,24). The molecule has 2 aromatic rings. The van der Waals surface area contributed by atoms with Crippen molar-refractivity contribution < 1.29 is 19.2 Å². The molecule has 0 spiro atoms. The number of carbonyl (C=O) groups excluding carboxylic acids is 1. The maximum absolute atomic E-state index is 12.9. The van der Waals surface area contributed by atoms with Crippen molar-refractivity contribution in [3.63, 3.8) is 0 Å². The van der Waals surface area contributed by atoms with Gasteiger partial charge in [0.15, 0.2) is 0 Å². The fourth-order valence-corrected chi connectivity index (χ4v) is 3.14. The number of amides is 1. The summed E-state index contributed by atoms with van der Waals surface area (Å²) in [5.41, 5.74) is -0.0265. The number of nitro groups is 1. The molecule has 2 aromatic carbocycles. The monoisotopic (exact) mass is 385 g/mol. The molecule has 8 heteroatoms. The average molecular weight is 385 g/mol. The van der Waals surface area contributed by atoms with E-state index in [2.05, 4.69) is 17.6 Å². The first kappa shape index (κ1) is 19.6. The van der Waals surface area contributed by atoms with Gasteiger partial charge in [0.25, 0.3) is 11.6 Å². The van der Waals surface area contributed by atoms with E-state index < -0.39 is 4.92 Å². The Labute approximate surface area is 163 Å². The lowest BCUT2D eigenvalue weighted by Crippen LogP contribution is -2.48. The molecule has 0 radical (unpaired) electrons. The van der Waals surface area contributed by atoms with Gasteiger partial charge in [-0.2, -0.15) is 0 Å². The Morgan fingerprint density at radius 2 is 1.93 bits per heavy atom. The molecule has 2 N–H and O–H groups in total. The zero-order chi connectivity index (χ0) is 20.1. The molecular weight excluding hydrogens is 362 g/mol. The Hall–Kier alpha value is -3.13. The van der Waals surface area contributed by atoms with Crippen LogP contribution < -0.4 is 20.1 Å². The van der Waals surface area contributed by atoms with Crippen molar-refractivity contribution in [2.45, 2.75) is 19.4 Å². The third kappa shape index (κ3) is 4.58. The highest BCUT2D eigenvalue weighted by Gasteiger charge is 2.25. The van der Waals surface area contributed by atoms with Gasteiger partial charge in [-0.25, -0.2) is 0 Å². The molecule has 2 unspecified atom stereocenters. The molecule has 0 saturated carbocycles. The molecule has 3 rings (SSSR count). The normalized spacial score (nSPS) is 18.9. The quantitative estimate of drug-likeness (QED) is 0.585. The first-order valence-electron chi connectivity index (χ1n) is 9.10. The predicted octanol–water partition coefficient (Wildman–Crippen LogP) is 3.12. The molecule has 8 nitrogen and oxygen atoms in total. The maximum atomic E-state index is 12.9. The summed E-state index contributed by atoms with van der Waals surface area (Å²) in [6.07, 6.45) is 0.802. The molecule has 1 saturated heterocycles. The van der Waals surface area contributed by atoms with Crippen LogP contribution in [0.1, 0.15) is 23.7 Å². The minimum absolute atomic E-state index is 0.00171. The molecule has 1 amide bonds. The zero-order valence-electron chi connectivity index (χ0n) is 15.8. The van der Waals surface area contributed by atoms with Crippen LogP contribution in [0, 0.1) is 16.0 Å². The molecule has 2 atom stereocenters. The largest absolute Gasteiger partial charge is 0.497 e. The van der Waals surface area contributed by atoms with Crippen molar-refractivity contribution in [3.8, 4) is 17.2 Å². The van der Waals surface area contributed by atoms with E-state index in [1.165, 1.54) is 18.2 Å². The lowest BCUT2D eigenvalue weighted by Gasteiger charge is -2.30. The summed E-state index contributed by atoms with van der Waals surface area (Å²) in [5, 5.41) is 17.4. The van der Waals surface area contributed by atoms with E-state index in [1.807, 2.05) is 0 Å². The first-order valence-corrected chi connectivity index (χ1v) is 9.10. The highest BCUT2D eigenvalue weighted by Crippen LogP contribution is 2.30. The van der Waals surface area contributed by atoms with E-state index >= 15 is 0 Å². The number of piperidine rings is 1. The summed E-state index contributed by atoms with van der Waals surface area (Å²) in [7, 11) is 1.57. The Balaban J connectivity index is 1.86. The van der Waals surface area contributed by atoms with Gasteiger partial charge in [0, 0.05) is 18.2 Å². The molecule has 1 heterocycles. The molecule has 1 aliphatic rings. The molecule has 1 aliphatic heterocycles. The Kier molecular flexibility index (Phi) is 6.10. The first-order chi connectivity index (χ1) is 13.5. The van der Waals surface area contributed by atoms with Crippen molar-refractivity contribution >= 4 is 11.6 Å². The molecule has 0 bridgehead atoms. The Morgan fingerprint density at radius 3 is 2.57 bits per heavy atom. The van der Waals surface area contributed by atoms with Gasteiger partial charge in [-0.15, -0.1) is 0 Å². The third-order valence-corrected chi connectivity index (χ3v) is 4.81. The van der Waals surface area contributed by atoms with Gasteiger partial charge in [0.1, 0.15) is 17.2 Å². The summed E-state index contributed by atoms with van der Waals surface area (Å²) in [5.74, 6) is 1.32. The van der Waals surface area contributed by atoms with Crippen LogP contribution >= 0.6 is 0 Å². The number of methoxy groups -OCH3 is 1. The Bertz CT molecular complexity index is 853. The second kappa shape index (κ2) is 8.71. The summed E-state index contributed by atoms with van der Waals surface area (Å²) in [6, 6.07) is 10.9. The van der Waals surface area contributed by atoms with E-state index in [9.17, 15) is 14.9 Å². The topological polar surface area (TPSA) is 103 Å². The fraction of sp³-hybridized carbons (Fsp3) is 0.350. The van der Waals surface area contributed by atoms with Gasteiger partial charge >= 0.3 is 0 Å². The number of non-ortho nitro benzene ring substituents is 1. The molecule has 0 aliphatic carbocycles. The van der Waals surface area contributed by atoms with Crippen LogP contribution in [0.4, 0.5) is 5.69 Å². The van der Waals surface area contributed by atoms with Crippen molar-refractivity contribution in [3.05, 3.63) is 58.1 Å². The van der Waals surface area contributed by atoms with Crippen LogP contribution in [0.25, 0.3) is 0 Å². The van der Waals surface area contributed by atoms with Gasteiger partial charge in [0.05, 0.1) is 17.6 Å². The summed E-state index contributed by atoms with van der Waals surface area (Å²) in [6.45, 7) is 3.69. The van der Waals surface area contributed by atoms with Crippen LogP contribution in [-0.2, 0) is 0 Å². The van der Waals surface area contributed by atoms with Crippen molar-refractivity contribution in [1.82, 2.24) is 10.6 Å². The summed E-state index contributed by atoms with van der Waals surface area (Å²) < 4.78 is 10.9. The minimum Gasteiger partial charge on any atom is -0.497 e. The van der Waals surface area contributed by atoms with Crippen molar-refractivity contribution in [2.24, 2.45) is 5.92 Å². The second-order valence-corrected chi connectivity index (χ2v) is 6.77. The molecule has 28 heavy (non-hydrogen) atoms. The number of nitrogens with one attached hydrogen (secondary N) is 2. The van der Waals surface area contributed by atoms with Gasteiger partial charge in [-0.3, -0.25) is 14.9 Å². The number of benzene rings is 2. The smallest absolute Gasteiger partial charge is 0.270 e.